The minimum absolute atomic E-state index is 0.0361. The maximum absolute atomic E-state index is 13.0. The van der Waals surface area contributed by atoms with Crippen molar-refractivity contribution < 1.29 is 18.7 Å². The van der Waals surface area contributed by atoms with Crippen molar-refractivity contribution in [2.75, 3.05) is 26.3 Å². The average Bonchev–Trinajstić information content (AvgIpc) is 3.10. The third-order valence-electron chi connectivity index (χ3n) is 5.49. The van der Waals surface area contributed by atoms with Gasteiger partial charge in [-0.25, -0.2) is 4.39 Å². The van der Waals surface area contributed by atoms with Crippen molar-refractivity contribution in [3.63, 3.8) is 0 Å². The lowest BCUT2D eigenvalue weighted by Gasteiger charge is -2.33. The number of hydrogen-bond acceptors (Lipinski definition) is 3. The third-order valence-corrected chi connectivity index (χ3v) is 5.49. The zero-order valence-corrected chi connectivity index (χ0v) is 15.1. The molecular formula is C20H27FN2O3. The summed E-state index contributed by atoms with van der Waals surface area (Å²) in [7, 11) is 0. The molecule has 1 saturated heterocycles. The van der Waals surface area contributed by atoms with Crippen LogP contribution in [0.3, 0.4) is 0 Å². The first-order valence-electron chi connectivity index (χ1n) is 9.43. The smallest absolute Gasteiger partial charge is 0.223 e. The molecule has 0 spiro atoms. The lowest BCUT2D eigenvalue weighted by atomic mass is 9.78. The number of benzene rings is 1. The van der Waals surface area contributed by atoms with E-state index in [1.54, 1.807) is 12.1 Å². The molecule has 26 heavy (non-hydrogen) atoms. The number of morpholine rings is 1. The van der Waals surface area contributed by atoms with Crippen molar-refractivity contribution in [3.05, 3.63) is 35.6 Å². The summed E-state index contributed by atoms with van der Waals surface area (Å²) in [5.74, 6) is -0.181. The molecule has 1 N–H and O–H groups in total. The molecule has 5 nitrogen and oxygen atoms in total. The highest BCUT2D eigenvalue weighted by molar-refractivity contribution is 5.80. The van der Waals surface area contributed by atoms with Crippen LogP contribution in [0.25, 0.3) is 0 Å². The highest BCUT2D eigenvalue weighted by Crippen LogP contribution is 2.44. The quantitative estimate of drug-likeness (QED) is 0.846. The number of hydrogen-bond donors (Lipinski definition) is 1. The summed E-state index contributed by atoms with van der Waals surface area (Å²) in [6.45, 7) is 2.86. The van der Waals surface area contributed by atoms with Crippen LogP contribution in [0.15, 0.2) is 24.3 Å². The van der Waals surface area contributed by atoms with Gasteiger partial charge in [0.15, 0.2) is 0 Å². The second-order valence-corrected chi connectivity index (χ2v) is 7.46. The minimum Gasteiger partial charge on any atom is -0.378 e. The Hall–Kier alpha value is -1.95. The normalized spacial score (nSPS) is 19.3. The van der Waals surface area contributed by atoms with E-state index in [9.17, 15) is 14.0 Å². The van der Waals surface area contributed by atoms with E-state index in [-0.39, 0.29) is 23.0 Å². The van der Waals surface area contributed by atoms with Crippen molar-refractivity contribution in [2.24, 2.45) is 5.41 Å². The fourth-order valence-electron chi connectivity index (χ4n) is 3.99. The standard InChI is InChI=1S/C20H27FN2O3/c21-17-5-3-16(4-6-17)15-22-18(24)13-20(7-1-2-8-20)14-19(25)23-9-11-26-12-10-23/h3-6H,1-2,7-15H2,(H,22,24). The van der Waals surface area contributed by atoms with Crippen molar-refractivity contribution in [1.82, 2.24) is 10.2 Å². The molecule has 0 unspecified atom stereocenters. The second kappa shape index (κ2) is 8.62. The highest BCUT2D eigenvalue weighted by Gasteiger charge is 2.39. The Morgan fingerprint density at radius 2 is 1.73 bits per heavy atom. The first kappa shape index (κ1) is 18.8. The van der Waals surface area contributed by atoms with Crippen LogP contribution in [0.4, 0.5) is 4.39 Å². The van der Waals surface area contributed by atoms with Crippen molar-refractivity contribution in [2.45, 2.75) is 45.1 Å². The molecule has 1 aromatic carbocycles. The Balaban J connectivity index is 1.54. The molecule has 6 heteroatoms. The van der Waals surface area contributed by atoms with Crippen LogP contribution in [-0.2, 0) is 20.9 Å². The second-order valence-electron chi connectivity index (χ2n) is 7.46. The summed E-state index contributed by atoms with van der Waals surface area (Å²) in [6.07, 6.45) is 4.81. The molecule has 0 radical (unpaired) electrons. The summed E-state index contributed by atoms with van der Waals surface area (Å²) < 4.78 is 18.3. The van der Waals surface area contributed by atoms with Gasteiger partial charge in [0, 0.05) is 32.5 Å². The number of carbonyl (C=O) groups is 2. The van der Waals surface area contributed by atoms with Crippen LogP contribution in [0.5, 0.6) is 0 Å². The fraction of sp³-hybridized carbons (Fsp3) is 0.600. The van der Waals surface area contributed by atoms with E-state index in [2.05, 4.69) is 5.32 Å². The van der Waals surface area contributed by atoms with Gasteiger partial charge in [0.05, 0.1) is 13.2 Å². The minimum atomic E-state index is -0.286. The van der Waals surface area contributed by atoms with Crippen LogP contribution in [0.2, 0.25) is 0 Å². The van der Waals surface area contributed by atoms with Gasteiger partial charge in [0.2, 0.25) is 11.8 Å². The molecule has 2 fully saturated rings. The van der Waals surface area contributed by atoms with Gasteiger partial charge in [-0.15, -0.1) is 0 Å². The molecular weight excluding hydrogens is 335 g/mol. The van der Waals surface area contributed by atoms with Gasteiger partial charge < -0.3 is 15.0 Å². The topological polar surface area (TPSA) is 58.6 Å². The Morgan fingerprint density at radius 1 is 1.08 bits per heavy atom. The average molecular weight is 362 g/mol. The van der Waals surface area contributed by atoms with Gasteiger partial charge in [-0.1, -0.05) is 25.0 Å². The lowest BCUT2D eigenvalue weighted by Crippen LogP contribution is -2.43. The molecule has 0 aromatic heterocycles. The zero-order valence-electron chi connectivity index (χ0n) is 15.1. The predicted molar refractivity (Wildman–Crippen MR) is 95.8 cm³/mol. The number of nitrogens with zero attached hydrogens (tertiary/aromatic N) is 1. The van der Waals surface area contributed by atoms with E-state index in [1.165, 1.54) is 12.1 Å². The maximum Gasteiger partial charge on any atom is 0.223 e. The molecule has 1 aliphatic heterocycles. The van der Waals surface area contributed by atoms with Gasteiger partial charge in [0.25, 0.3) is 0 Å². The summed E-state index contributed by atoms with van der Waals surface area (Å²) in [5.41, 5.74) is 0.645. The Morgan fingerprint density at radius 3 is 2.38 bits per heavy atom. The summed E-state index contributed by atoms with van der Waals surface area (Å²) in [6, 6.07) is 6.12. The van der Waals surface area contributed by atoms with E-state index >= 15 is 0 Å². The van der Waals surface area contributed by atoms with Crippen molar-refractivity contribution in [1.29, 1.82) is 0 Å². The number of carbonyl (C=O) groups excluding carboxylic acids is 2. The lowest BCUT2D eigenvalue weighted by molar-refractivity contribution is -0.138. The zero-order chi connectivity index (χ0) is 18.4. The van der Waals surface area contributed by atoms with Crippen molar-refractivity contribution in [3.8, 4) is 0 Å². The van der Waals surface area contributed by atoms with E-state index in [4.69, 9.17) is 4.74 Å². The third kappa shape index (κ3) is 5.04. The van der Waals surface area contributed by atoms with Crippen LogP contribution < -0.4 is 5.32 Å². The molecule has 2 aliphatic rings. The van der Waals surface area contributed by atoms with Gasteiger partial charge in [0.1, 0.15) is 5.82 Å². The summed E-state index contributed by atoms with van der Waals surface area (Å²) >= 11 is 0. The molecule has 1 saturated carbocycles. The molecule has 142 valence electrons. The first-order chi connectivity index (χ1) is 12.6. The maximum atomic E-state index is 13.0. The van der Waals surface area contributed by atoms with Crippen LogP contribution in [0.1, 0.15) is 44.1 Å². The Bertz CT molecular complexity index is 620. The SMILES string of the molecule is O=C(CC1(CC(=O)N2CCOCC2)CCCC1)NCc1ccc(F)cc1. The van der Waals surface area contributed by atoms with Crippen molar-refractivity contribution >= 4 is 11.8 Å². The highest BCUT2D eigenvalue weighted by atomic mass is 19.1. The van der Waals surface area contributed by atoms with Crippen LogP contribution in [-0.4, -0.2) is 43.0 Å². The van der Waals surface area contributed by atoms with Crippen LogP contribution in [0, 0.1) is 11.2 Å². The molecule has 0 atom stereocenters. The van der Waals surface area contributed by atoms with Gasteiger partial charge in [-0.2, -0.15) is 0 Å². The fourth-order valence-corrected chi connectivity index (χ4v) is 3.99. The Kier molecular flexibility index (Phi) is 6.25. The molecule has 2 amide bonds. The molecule has 1 aromatic rings. The van der Waals surface area contributed by atoms with Gasteiger partial charge >= 0.3 is 0 Å². The van der Waals surface area contributed by atoms with E-state index in [0.717, 1.165) is 31.2 Å². The van der Waals surface area contributed by atoms with E-state index in [1.807, 2.05) is 4.90 Å². The number of nitrogens with one attached hydrogen (secondary N) is 1. The number of rotatable bonds is 6. The van der Waals surface area contributed by atoms with E-state index in [0.29, 0.717) is 45.7 Å². The van der Waals surface area contributed by atoms with E-state index < -0.39 is 0 Å². The number of amides is 2. The van der Waals surface area contributed by atoms with Gasteiger partial charge in [-0.3, -0.25) is 9.59 Å². The summed E-state index contributed by atoms with van der Waals surface area (Å²) in [4.78, 5) is 27.0. The number of halogens is 1. The number of ether oxygens (including phenoxy) is 1. The summed E-state index contributed by atoms with van der Waals surface area (Å²) in [5, 5.41) is 2.92. The van der Waals surface area contributed by atoms with Gasteiger partial charge in [-0.05, 0) is 36.0 Å². The monoisotopic (exact) mass is 362 g/mol. The molecule has 3 rings (SSSR count). The first-order valence-corrected chi connectivity index (χ1v) is 9.43. The largest absolute Gasteiger partial charge is 0.378 e. The Labute approximate surface area is 153 Å². The molecule has 0 bridgehead atoms. The van der Waals surface area contributed by atoms with Crippen LogP contribution >= 0.6 is 0 Å². The molecule has 1 aliphatic carbocycles. The predicted octanol–water partition coefficient (Wildman–Crippen LogP) is 2.64. The molecule has 1 heterocycles.